The van der Waals surface area contributed by atoms with Gasteiger partial charge < -0.3 is 19.8 Å². The Kier molecular flexibility index (Phi) is 5.97. The molecule has 0 bridgehead atoms. The van der Waals surface area contributed by atoms with Crippen molar-refractivity contribution in [2.45, 2.75) is 57.6 Å². The first-order valence-corrected chi connectivity index (χ1v) is 12.3. The molecule has 1 amide bonds. The summed E-state index contributed by atoms with van der Waals surface area (Å²) in [4.78, 5) is 23.0. The smallest absolute Gasteiger partial charge is 0.249 e. The van der Waals surface area contributed by atoms with E-state index in [1.165, 1.54) is 5.56 Å². The van der Waals surface area contributed by atoms with Gasteiger partial charge in [-0.05, 0) is 43.0 Å². The van der Waals surface area contributed by atoms with E-state index in [9.17, 15) is 9.90 Å². The lowest BCUT2D eigenvalue weighted by Crippen LogP contribution is -2.63. The van der Waals surface area contributed by atoms with Gasteiger partial charge in [-0.25, -0.2) is 0 Å². The molecule has 1 unspecified atom stereocenters. The standard InChI is InChI=1S/C27H33N5O3/c1-17(2)18-8-10-20(11-9-18)27(34,26(3)15-32(4)16-26)21-12-19(13-28-14-21)24-30-25(35-31-24)22-6-5-7-23(33)29-22/h8-14,17,22,34H,5-7,15-16H2,1-4H3,(H,29,33)/t22-,27?/m0/s1. The first-order valence-electron chi connectivity index (χ1n) is 12.3. The summed E-state index contributed by atoms with van der Waals surface area (Å²) in [5, 5.41) is 19.5. The highest BCUT2D eigenvalue weighted by molar-refractivity contribution is 5.77. The van der Waals surface area contributed by atoms with E-state index in [2.05, 4.69) is 65.3 Å². The number of hydrogen-bond donors (Lipinski definition) is 2. The second-order valence-corrected chi connectivity index (χ2v) is 10.7. The van der Waals surface area contributed by atoms with Gasteiger partial charge in [0.2, 0.25) is 17.6 Å². The Morgan fingerprint density at radius 3 is 2.60 bits per heavy atom. The number of pyridine rings is 1. The molecule has 2 aliphatic rings. The largest absolute Gasteiger partial charge is 0.380 e. The minimum absolute atomic E-state index is 0.00285. The van der Waals surface area contributed by atoms with Crippen molar-refractivity contribution in [3.05, 3.63) is 65.3 Å². The lowest BCUT2D eigenvalue weighted by atomic mass is 9.62. The lowest BCUT2D eigenvalue weighted by molar-refractivity contribution is -0.127. The summed E-state index contributed by atoms with van der Waals surface area (Å²) in [6.45, 7) is 7.96. The third-order valence-corrected chi connectivity index (χ3v) is 7.49. The van der Waals surface area contributed by atoms with E-state index in [1.807, 2.05) is 18.2 Å². The molecule has 2 N–H and O–H groups in total. The van der Waals surface area contributed by atoms with Crippen molar-refractivity contribution in [3.63, 3.8) is 0 Å². The van der Waals surface area contributed by atoms with Crippen molar-refractivity contribution < 1.29 is 14.4 Å². The Bertz CT molecular complexity index is 1220. The summed E-state index contributed by atoms with van der Waals surface area (Å²) in [5.74, 6) is 1.19. The summed E-state index contributed by atoms with van der Waals surface area (Å²) in [6.07, 6.45) is 5.49. The molecular formula is C27H33N5O3. The second kappa shape index (κ2) is 8.84. The Morgan fingerprint density at radius 2 is 1.94 bits per heavy atom. The van der Waals surface area contributed by atoms with E-state index in [4.69, 9.17) is 4.52 Å². The van der Waals surface area contributed by atoms with Gasteiger partial charge in [0.25, 0.3) is 0 Å². The van der Waals surface area contributed by atoms with Crippen LogP contribution in [0.4, 0.5) is 0 Å². The SMILES string of the molecule is CC(C)c1ccc(C(O)(c2cncc(-c3noc([C@@H]4CCCC(=O)N4)n3)c2)C2(C)CN(C)C2)cc1. The maximum absolute atomic E-state index is 12.4. The van der Waals surface area contributed by atoms with Crippen molar-refractivity contribution in [1.29, 1.82) is 0 Å². The van der Waals surface area contributed by atoms with Crippen LogP contribution in [0.25, 0.3) is 11.4 Å². The van der Waals surface area contributed by atoms with Gasteiger partial charge in [-0.1, -0.05) is 50.2 Å². The molecule has 2 aromatic heterocycles. The number of nitrogens with one attached hydrogen (secondary N) is 1. The van der Waals surface area contributed by atoms with Gasteiger partial charge in [-0.15, -0.1) is 0 Å². The zero-order valence-corrected chi connectivity index (χ0v) is 20.8. The van der Waals surface area contributed by atoms with Crippen LogP contribution in [0.2, 0.25) is 0 Å². The highest BCUT2D eigenvalue weighted by atomic mass is 16.5. The molecule has 4 heterocycles. The minimum atomic E-state index is -1.25. The van der Waals surface area contributed by atoms with Crippen molar-refractivity contribution >= 4 is 5.91 Å². The number of aliphatic hydroxyl groups is 1. The molecule has 184 valence electrons. The molecule has 0 spiro atoms. The lowest BCUT2D eigenvalue weighted by Gasteiger charge is -2.55. The monoisotopic (exact) mass is 475 g/mol. The number of aromatic nitrogens is 3. The first kappa shape index (κ1) is 23.6. The maximum atomic E-state index is 12.4. The molecule has 2 fully saturated rings. The predicted molar refractivity (Wildman–Crippen MR) is 131 cm³/mol. The zero-order chi connectivity index (χ0) is 24.8. The highest BCUT2D eigenvalue weighted by Crippen LogP contribution is 2.50. The summed E-state index contributed by atoms with van der Waals surface area (Å²) in [6, 6.07) is 9.89. The maximum Gasteiger partial charge on any atom is 0.249 e. The van der Waals surface area contributed by atoms with E-state index in [-0.39, 0.29) is 11.9 Å². The van der Waals surface area contributed by atoms with Gasteiger partial charge in [0.1, 0.15) is 11.6 Å². The molecule has 0 aliphatic carbocycles. The van der Waals surface area contributed by atoms with Gasteiger partial charge in [-0.3, -0.25) is 9.78 Å². The number of piperidine rings is 1. The summed E-state index contributed by atoms with van der Waals surface area (Å²) < 4.78 is 5.49. The Labute approximate surface area is 205 Å². The van der Waals surface area contributed by atoms with Crippen LogP contribution in [0.15, 0.2) is 47.2 Å². The normalized spacial score (nSPS) is 21.9. The molecule has 8 heteroatoms. The van der Waals surface area contributed by atoms with Gasteiger partial charge in [0.05, 0.1) is 0 Å². The number of likely N-dealkylation sites (tertiary alicyclic amines) is 1. The van der Waals surface area contributed by atoms with Crippen molar-refractivity contribution in [2.24, 2.45) is 5.41 Å². The fourth-order valence-corrected chi connectivity index (χ4v) is 5.59. The number of hydrogen-bond acceptors (Lipinski definition) is 7. The molecule has 5 rings (SSSR count). The van der Waals surface area contributed by atoms with Crippen LogP contribution < -0.4 is 5.32 Å². The van der Waals surface area contributed by atoms with E-state index in [0.29, 0.717) is 35.2 Å². The summed E-state index contributed by atoms with van der Waals surface area (Å²) >= 11 is 0. The Morgan fingerprint density at radius 1 is 1.20 bits per heavy atom. The quantitative estimate of drug-likeness (QED) is 0.559. The van der Waals surface area contributed by atoms with Crippen molar-refractivity contribution in [1.82, 2.24) is 25.3 Å². The summed E-state index contributed by atoms with van der Waals surface area (Å²) in [5.41, 5.74) is 1.79. The molecule has 35 heavy (non-hydrogen) atoms. The second-order valence-electron chi connectivity index (χ2n) is 10.7. The van der Waals surface area contributed by atoms with Crippen LogP contribution in [0.1, 0.15) is 74.6 Å². The molecular weight excluding hydrogens is 442 g/mol. The molecule has 2 aliphatic heterocycles. The van der Waals surface area contributed by atoms with Gasteiger partial charge in [-0.2, -0.15) is 4.98 Å². The number of nitrogens with zero attached hydrogens (tertiary/aromatic N) is 4. The number of benzene rings is 1. The Hall–Kier alpha value is -3.10. The predicted octanol–water partition coefficient (Wildman–Crippen LogP) is 3.78. The number of carbonyl (C=O) groups excluding carboxylic acids is 1. The third kappa shape index (κ3) is 4.15. The van der Waals surface area contributed by atoms with Gasteiger partial charge in [0, 0.05) is 48.4 Å². The number of rotatable bonds is 6. The van der Waals surface area contributed by atoms with Crippen LogP contribution in [0, 0.1) is 5.41 Å². The molecule has 2 saturated heterocycles. The average Bonchev–Trinajstić information content (AvgIpc) is 3.33. The molecule has 0 radical (unpaired) electrons. The fraction of sp³-hybridized carbons (Fsp3) is 0.481. The van der Waals surface area contributed by atoms with E-state index in [0.717, 1.165) is 31.5 Å². The Balaban J connectivity index is 1.52. The topological polar surface area (TPSA) is 104 Å². The van der Waals surface area contributed by atoms with Crippen molar-refractivity contribution in [3.8, 4) is 11.4 Å². The molecule has 0 saturated carbocycles. The van der Waals surface area contributed by atoms with E-state index < -0.39 is 11.0 Å². The molecule has 3 aromatic rings. The molecule has 1 aromatic carbocycles. The van der Waals surface area contributed by atoms with Crippen LogP contribution in [-0.4, -0.2) is 51.2 Å². The van der Waals surface area contributed by atoms with E-state index in [1.54, 1.807) is 12.4 Å². The number of carbonyl (C=O) groups is 1. The van der Waals surface area contributed by atoms with Crippen LogP contribution in [-0.2, 0) is 10.4 Å². The van der Waals surface area contributed by atoms with Gasteiger partial charge >= 0.3 is 0 Å². The van der Waals surface area contributed by atoms with Crippen molar-refractivity contribution in [2.75, 3.05) is 20.1 Å². The zero-order valence-electron chi connectivity index (χ0n) is 20.8. The minimum Gasteiger partial charge on any atom is -0.380 e. The van der Waals surface area contributed by atoms with Crippen LogP contribution >= 0.6 is 0 Å². The van der Waals surface area contributed by atoms with Gasteiger partial charge in [0.15, 0.2) is 0 Å². The average molecular weight is 476 g/mol. The third-order valence-electron chi connectivity index (χ3n) is 7.49. The fourth-order valence-electron chi connectivity index (χ4n) is 5.59. The molecule has 2 atom stereocenters. The highest BCUT2D eigenvalue weighted by Gasteiger charge is 2.55. The summed E-state index contributed by atoms with van der Waals surface area (Å²) in [7, 11) is 2.06. The molecule has 8 nitrogen and oxygen atoms in total. The van der Waals surface area contributed by atoms with Crippen LogP contribution in [0.5, 0.6) is 0 Å². The van der Waals surface area contributed by atoms with E-state index >= 15 is 0 Å². The number of amides is 1. The van der Waals surface area contributed by atoms with Crippen LogP contribution in [0.3, 0.4) is 0 Å². The first-order chi connectivity index (χ1) is 16.7.